The Bertz CT molecular complexity index is 490. The highest BCUT2D eigenvalue weighted by molar-refractivity contribution is 6.30. The van der Waals surface area contributed by atoms with Crippen LogP contribution in [-0.4, -0.2) is 31.1 Å². The van der Waals surface area contributed by atoms with Crippen molar-refractivity contribution in [1.82, 2.24) is 5.32 Å². The normalized spacial score (nSPS) is 11.9. The van der Waals surface area contributed by atoms with E-state index in [1.54, 1.807) is 31.2 Å². The second-order valence-electron chi connectivity index (χ2n) is 5.02. The van der Waals surface area contributed by atoms with Crippen molar-refractivity contribution in [3.63, 3.8) is 0 Å². The van der Waals surface area contributed by atoms with Crippen molar-refractivity contribution >= 4 is 23.5 Å². The van der Waals surface area contributed by atoms with Crippen LogP contribution in [0.2, 0.25) is 5.02 Å². The number of amides is 1. The van der Waals surface area contributed by atoms with E-state index in [0.29, 0.717) is 23.2 Å². The van der Waals surface area contributed by atoms with Crippen LogP contribution >= 0.6 is 11.6 Å². The Morgan fingerprint density at radius 3 is 2.62 bits per heavy atom. The molecule has 0 aliphatic rings. The Kier molecular flexibility index (Phi) is 7.02. The zero-order valence-corrected chi connectivity index (χ0v) is 13.1. The molecular weight excluding hydrogens is 294 g/mol. The molecule has 0 heterocycles. The fraction of sp³-hybridized carbons (Fsp3) is 0.467. The molecule has 0 radical (unpaired) electrons. The summed E-state index contributed by atoms with van der Waals surface area (Å²) in [6.45, 7) is 5.75. The van der Waals surface area contributed by atoms with Gasteiger partial charge in [0.2, 0.25) is 0 Å². The Balaban J connectivity index is 2.36. The molecule has 1 atom stereocenters. The van der Waals surface area contributed by atoms with Crippen molar-refractivity contribution in [2.45, 2.75) is 26.9 Å². The minimum absolute atomic E-state index is 0.311. The summed E-state index contributed by atoms with van der Waals surface area (Å²) in [6, 6.07) is 6.71. The van der Waals surface area contributed by atoms with Gasteiger partial charge in [0.1, 0.15) is 5.75 Å². The van der Waals surface area contributed by atoms with Crippen LogP contribution in [0.15, 0.2) is 24.3 Å². The Labute approximate surface area is 129 Å². The van der Waals surface area contributed by atoms with Gasteiger partial charge in [-0.25, -0.2) is 4.79 Å². The van der Waals surface area contributed by atoms with Gasteiger partial charge in [0.05, 0.1) is 0 Å². The van der Waals surface area contributed by atoms with E-state index in [4.69, 9.17) is 21.1 Å². The van der Waals surface area contributed by atoms with Gasteiger partial charge < -0.3 is 14.8 Å². The molecule has 1 amide bonds. The molecule has 0 spiro atoms. The first-order chi connectivity index (χ1) is 9.88. The van der Waals surface area contributed by atoms with Crippen molar-refractivity contribution in [2.75, 3.05) is 13.2 Å². The lowest BCUT2D eigenvalue weighted by molar-refractivity contribution is -0.154. The molecule has 1 aromatic carbocycles. The number of ether oxygens (including phenoxy) is 2. The second kappa shape index (κ2) is 8.52. The molecule has 0 aromatic heterocycles. The fourth-order valence-electron chi connectivity index (χ4n) is 1.42. The third-order valence-electron chi connectivity index (χ3n) is 2.49. The maximum atomic E-state index is 11.7. The number of carbonyl (C=O) groups is 2. The fourth-order valence-corrected chi connectivity index (χ4v) is 1.60. The summed E-state index contributed by atoms with van der Waals surface area (Å²) >= 11 is 5.82. The number of hydrogen-bond donors (Lipinski definition) is 1. The number of rotatable bonds is 7. The summed E-state index contributed by atoms with van der Waals surface area (Å²) in [4.78, 5) is 23.1. The largest absolute Gasteiger partial charge is 0.479 e. The van der Waals surface area contributed by atoms with E-state index in [9.17, 15) is 9.59 Å². The van der Waals surface area contributed by atoms with Crippen LogP contribution in [0.3, 0.4) is 0 Å². The van der Waals surface area contributed by atoms with Gasteiger partial charge in [-0.3, -0.25) is 4.79 Å². The first-order valence-electron chi connectivity index (χ1n) is 6.74. The highest BCUT2D eigenvalue weighted by Crippen LogP contribution is 2.18. The number of carbonyl (C=O) groups excluding carboxylic acids is 2. The van der Waals surface area contributed by atoms with Crippen molar-refractivity contribution in [2.24, 2.45) is 5.92 Å². The average molecular weight is 314 g/mol. The van der Waals surface area contributed by atoms with Gasteiger partial charge in [0, 0.05) is 11.6 Å². The predicted molar refractivity (Wildman–Crippen MR) is 80.3 cm³/mol. The maximum Gasteiger partial charge on any atom is 0.347 e. The smallest absolute Gasteiger partial charge is 0.347 e. The molecule has 1 N–H and O–H groups in total. The van der Waals surface area contributed by atoms with Crippen LogP contribution in [0.1, 0.15) is 20.8 Å². The molecule has 0 bridgehead atoms. The van der Waals surface area contributed by atoms with Crippen LogP contribution in [0.25, 0.3) is 0 Å². The third-order valence-corrected chi connectivity index (χ3v) is 2.73. The predicted octanol–water partition coefficient (Wildman–Crippen LogP) is 2.42. The van der Waals surface area contributed by atoms with E-state index < -0.39 is 12.1 Å². The Hall–Kier alpha value is -1.75. The molecule has 0 aliphatic carbocycles. The molecule has 5 nitrogen and oxygen atoms in total. The number of benzene rings is 1. The molecule has 0 fully saturated rings. The van der Waals surface area contributed by atoms with Crippen molar-refractivity contribution < 1.29 is 19.1 Å². The van der Waals surface area contributed by atoms with Crippen LogP contribution in [0.4, 0.5) is 0 Å². The second-order valence-corrected chi connectivity index (χ2v) is 5.46. The molecule has 0 aliphatic heterocycles. The average Bonchev–Trinajstić information content (AvgIpc) is 2.42. The topological polar surface area (TPSA) is 64.6 Å². The molecule has 0 saturated carbocycles. The molecule has 116 valence electrons. The molecule has 1 unspecified atom stereocenters. The summed E-state index contributed by atoms with van der Waals surface area (Å²) in [7, 11) is 0. The number of hydrogen-bond acceptors (Lipinski definition) is 4. The van der Waals surface area contributed by atoms with Gasteiger partial charge in [-0.1, -0.05) is 31.5 Å². The number of esters is 1. The number of halogens is 1. The van der Waals surface area contributed by atoms with Gasteiger partial charge in [0.15, 0.2) is 12.7 Å². The quantitative estimate of drug-likeness (QED) is 0.785. The standard InChI is InChI=1S/C15H20ClNO4/c1-10(2)8-17-14(18)9-20-15(19)11(3)21-13-6-4-5-12(16)7-13/h4-7,10-11H,8-9H2,1-3H3,(H,17,18). The van der Waals surface area contributed by atoms with Gasteiger partial charge in [-0.2, -0.15) is 0 Å². The highest BCUT2D eigenvalue weighted by Gasteiger charge is 2.17. The first kappa shape index (κ1) is 17.3. The van der Waals surface area contributed by atoms with E-state index in [-0.39, 0.29) is 12.5 Å². The van der Waals surface area contributed by atoms with E-state index >= 15 is 0 Å². The SMILES string of the molecule is CC(C)CNC(=O)COC(=O)C(C)Oc1cccc(Cl)c1. The van der Waals surface area contributed by atoms with Crippen LogP contribution < -0.4 is 10.1 Å². The summed E-state index contributed by atoms with van der Waals surface area (Å²) in [5.74, 6) is -0.118. The lowest BCUT2D eigenvalue weighted by Gasteiger charge is -2.14. The van der Waals surface area contributed by atoms with E-state index in [1.807, 2.05) is 13.8 Å². The van der Waals surface area contributed by atoms with Gasteiger partial charge >= 0.3 is 5.97 Å². The summed E-state index contributed by atoms with van der Waals surface area (Å²) in [6.07, 6.45) is -0.818. The monoisotopic (exact) mass is 313 g/mol. The zero-order valence-electron chi connectivity index (χ0n) is 12.4. The van der Waals surface area contributed by atoms with Crippen molar-refractivity contribution in [3.05, 3.63) is 29.3 Å². The number of nitrogens with one attached hydrogen (secondary N) is 1. The molecule has 1 aromatic rings. The Morgan fingerprint density at radius 1 is 1.29 bits per heavy atom. The van der Waals surface area contributed by atoms with Crippen LogP contribution in [0, 0.1) is 5.92 Å². The third kappa shape index (κ3) is 6.99. The molecule has 1 rings (SSSR count). The summed E-state index contributed by atoms with van der Waals surface area (Å²) < 4.78 is 10.3. The summed E-state index contributed by atoms with van der Waals surface area (Å²) in [5, 5.41) is 3.17. The lowest BCUT2D eigenvalue weighted by Crippen LogP contribution is -2.34. The van der Waals surface area contributed by atoms with Crippen molar-refractivity contribution in [3.8, 4) is 5.75 Å². The van der Waals surface area contributed by atoms with Crippen LogP contribution in [0.5, 0.6) is 5.75 Å². The highest BCUT2D eigenvalue weighted by atomic mass is 35.5. The van der Waals surface area contributed by atoms with E-state index in [1.165, 1.54) is 0 Å². The van der Waals surface area contributed by atoms with E-state index in [0.717, 1.165) is 0 Å². The first-order valence-corrected chi connectivity index (χ1v) is 7.12. The zero-order chi connectivity index (χ0) is 15.8. The minimum Gasteiger partial charge on any atom is -0.479 e. The van der Waals surface area contributed by atoms with E-state index in [2.05, 4.69) is 5.32 Å². The maximum absolute atomic E-state index is 11.7. The lowest BCUT2D eigenvalue weighted by atomic mass is 10.2. The molecule has 21 heavy (non-hydrogen) atoms. The minimum atomic E-state index is -0.818. The van der Waals surface area contributed by atoms with Gasteiger partial charge in [0.25, 0.3) is 5.91 Å². The van der Waals surface area contributed by atoms with Gasteiger partial charge in [-0.05, 0) is 31.0 Å². The molecule has 0 saturated heterocycles. The van der Waals surface area contributed by atoms with Crippen LogP contribution in [-0.2, 0) is 14.3 Å². The Morgan fingerprint density at radius 2 is 2.00 bits per heavy atom. The van der Waals surface area contributed by atoms with Gasteiger partial charge in [-0.15, -0.1) is 0 Å². The summed E-state index contributed by atoms with van der Waals surface area (Å²) in [5.41, 5.74) is 0. The van der Waals surface area contributed by atoms with Crippen molar-refractivity contribution in [1.29, 1.82) is 0 Å². The molecular formula is C15H20ClNO4. The molecule has 6 heteroatoms.